The molecule has 0 saturated carbocycles. The van der Waals surface area contributed by atoms with E-state index < -0.39 is 18.9 Å². The summed E-state index contributed by atoms with van der Waals surface area (Å²) in [5, 5.41) is 3.88. The van der Waals surface area contributed by atoms with Crippen molar-refractivity contribution in [3.05, 3.63) is 126 Å². The average molecular weight is 486 g/mol. The van der Waals surface area contributed by atoms with Gasteiger partial charge in [0.2, 0.25) is 0 Å². The maximum Gasteiger partial charge on any atom is 0.0979 e. The topological polar surface area (TPSA) is 29.1 Å². The Morgan fingerprint density at radius 1 is 0.676 bits per heavy atom. The summed E-state index contributed by atoms with van der Waals surface area (Å²) in [5.74, 6) is 0. The highest BCUT2D eigenvalue weighted by Crippen LogP contribution is 2.37. The van der Waals surface area contributed by atoms with E-state index in [1.165, 1.54) is 27.0 Å². The molecule has 0 aliphatic rings. The van der Waals surface area contributed by atoms with Crippen molar-refractivity contribution in [2.45, 2.75) is 38.5 Å². The van der Waals surface area contributed by atoms with Gasteiger partial charge < -0.3 is 0 Å². The first-order chi connectivity index (χ1) is 16.4. The lowest BCUT2D eigenvalue weighted by Gasteiger charge is -2.30. The number of hydrogen-bond acceptors (Lipinski definition) is 1. The van der Waals surface area contributed by atoms with Gasteiger partial charge in [-0.2, -0.15) is 0 Å². The van der Waals surface area contributed by atoms with E-state index in [0.717, 1.165) is 5.56 Å². The van der Waals surface area contributed by atoms with Crippen LogP contribution in [0.15, 0.2) is 109 Å². The van der Waals surface area contributed by atoms with Gasteiger partial charge in [0, 0.05) is 0 Å². The molecule has 4 rings (SSSR count). The molecule has 0 saturated heterocycles. The van der Waals surface area contributed by atoms with Crippen LogP contribution in [-0.2, 0) is 11.0 Å². The number of hydrogen-bond donors (Lipinski definition) is 1. The molecule has 0 aliphatic heterocycles. The molecule has 174 valence electrons. The summed E-state index contributed by atoms with van der Waals surface area (Å²) >= 11 is 0. The summed E-state index contributed by atoms with van der Waals surface area (Å²) in [5.41, 5.74) is 3.52. The van der Waals surface area contributed by atoms with Gasteiger partial charge in [-0.25, -0.2) is 8.93 Å². The van der Waals surface area contributed by atoms with Gasteiger partial charge in [-0.15, -0.1) is 0 Å². The highest BCUT2D eigenvalue weighted by Gasteiger charge is 2.29. The standard InChI is InChI=1S/C30H32NOPS/c1-23-15-11-12-20-26(23)29(31-34(32)30(2,3)4)27-21-13-14-22-28(27)33(24-16-7-5-8-17-24)25-18-9-6-10-19-25/h5-22,29,31H,1-4H3/t29-,34+/m1/s1. The maximum atomic E-state index is 13.4. The number of nitrogens with one attached hydrogen (secondary N) is 1. The van der Waals surface area contributed by atoms with Crippen LogP contribution in [0.4, 0.5) is 0 Å². The molecule has 0 spiro atoms. The average Bonchev–Trinajstić information content (AvgIpc) is 2.84. The molecule has 4 aromatic rings. The first-order valence-electron chi connectivity index (χ1n) is 11.6. The SMILES string of the molecule is Cc1ccccc1[C@@H](N[S@@](=O)C(C)(C)C)c1ccccc1P(c1ccccc1)c1ccccc1. The fraction of sp³-hybridized carbons (Fsp3) is 0.200. The van der Waals surface area contributed by atoms with Gasteiger partial charge in [-0.05, 0) is 68.2 Å². The first-order valence-corrected chi connectivity index (χ1v) is 14.1. The molecular weight excluding hydrogens is 453 g/mol. The van der Waals surface area contributed by atoms with Crippen LogP contribution >= 0.6 is 7.92 Å². The predicted molar refractivity (Wildman–Crippen MR) is 149 cm³/mol. The minimum atomic E-state index is -1.23. The highest BCUT2D eigenvalue weighted by atomic mass is 32.2. The van der Waals surface area contributed by atoms with Crippen LogP contribution in [0.2, 0.25) is 0 Å². The van der Waals surface area contributed by atoms with Gasteiger partial charge >= 0.3 is 0 Å². The van der Waals surface area contributed by atoms with Crippen molar-refractivity contribution in [1.29, 1.82) is 0 Å². The lowest BCUT2D eigenvalue weighted by molar-refractivity contribution is 0.623. The second-order valence-electron chi connectivity index (χ2n) is 9.35. The molecule has 0 aromatic heterocycles. The van der Waals surface area contributed by atoms with Crippen molar-refractivity contribution in [3.63, 3.8) is 0 Å². The Morgan fingerprint density at radius 3 is 1.68 bits per heavy atom. The van der Waals surface area contributed by atoms with Crippen molar-refractivity contribution < 1.29 is 4.21 Å². The smallest absolute Gasteiger partial charge is 0.0979 e. The van der Waals surface area contributed by atoms with Crippen LogP contribution in [0.25, 0.3) is 0 Å². The molecule has 34 heavy (non-hydrogen) atoms. The Hall–Kier alpha value is -2.58. The molecule has 0 aliphatic carbocycles. The Balaban J connectivity index is 1.92. The third kappa shape index (κ3) is 5.55. The van der Waals surface area contributed by atoms with E-state index in [2.05, 4.69) is 121 Å². The Labute approximate surface area is 207 Å². The molecule has 0 bridgehead atoms. The number of rotatable bonds is 7. The van der Waals surface area contributed by atoms with E-state index in [0.29, 0.717) is 0 Å². The lowest BCUT2D eigenvalue weighted by atomic mass is 9.96. The monoisotopic (exact) mass is 485 g/mol. The van der Waals surface area contributed by atoms with Gasteiger partial charge in [0.1, 0.15) is 0 Å². The molecule has 0 amide bonds. The van der Waals surface area contributed by atoms with E-state index in [-0.39, 0.29) is 10.8 Å². The van der Waals surface area contributed by atoms with Crippen LogP contribution < -0.4 is 20.6 Å². The lowest BCUT2D eigenvalue weighted by Crippen LogP contribution is -2.38. The van der Waals surface area contributed by atoms with E-state index in [9.17, 15) is 4.21 Å². The number of aryl methyl sites for hydroxylation is 1. The molecule has 4 heteroatoms. The van der Waals surface area contributed by atoms with E-state index in [1.54, 1.807) is 0 Å². The zero-order valence-corrected chi connectivity index (χ0v) is 21.9. The minimum Gasteiger partial charge on any atom is -0.242 e. The second-order valence-corrected chi connectivity index (χ2v) is 13.5. The molecule has 0 heterocycles. The van der Waals surface area contributed by atoms with Crippen molar-refractivity contribution in [2.75, 3.05) is 0 Å². The Kier molecular flexibility index (Phi) is 7.78. The molecule has 0 unspecified atom stereocenters. The van der Waals surface area contributed by atoms with Gasteiger partial charge in [-0.1, -0.05) is 109 Å². The minimum absolute atomic E-state index is 0.185. The molecule has 2 nitrogen and oxygen atoms in total. The normalized spacial score (nSPS) is 13.6. The largest absolute Gasteiger partial charge is 0.242 e. The Morgan fingerprint density at radius 2 is 1.15 bits per heavy atom. The molecule has 0 fully saturated rings. The number of benzene rings is 4. The van der Waals surface area contributed by atoms with Crippen LogP contribution in [0.5, 0.6) is 0 Å². The van der Waals surface area contributed by atoms with Gasteiger partial charge in [0.05, 0.1) is 21.8 Å². The fourth-order valence-corrected chi connectivity index (χ4v) is 7.32. The molecule has 0 radical (unpaired) electrons. The highest BCUT2D eigenvalue weighted by molar-refractivity contribution is 7.84. The molecule has 1 N–H and O–H groups in total. The quantitative estimate of drug-likeness (QED) is 0.325. The van der Waals surface area contributed by atoms with Gasteiger partial charge in [0.25, 0.3) is 0 Å². The zero-order chi connectivity index (χ0) is 24.1. The summed E-state index contributed by atoms with van der Waals surface area (Å²) in [6.45, 7) is 8.16. The van der Waals surface area contributed by atoms with Gasteiger partial charge in [0.15, 0.2) is 0 Å². The zero-order valence-electron chi connectivity index (χ0n) is 20.2. The van der Waals surface area contributed by atoms with Crippen LogP contribution in [0, 0.1) is 6.92 Å². The first kappa shape index (κ1) is 24.5. The molecule has 2 atom stereocenters. The van der Waals surface area contributed by atoms with Crippen LogP contribution in [0.3, 0.4) is 0 Å². The van der Waals surface area contributed by atoms with Crippen LogP contribution in [0.1, 0.15) is 43.5 Å². The summed E-state index contributed by atoms with van der Waals surface area (Å²) in [6.07, 6.45) is 0. The predicted octanol–water partition coefficient (Wildman–Crippen LogP) is 5.89. The van der Waals surface area contributed by atoms with E-state index in [1.807, 2.05) is 20.8 Å². The fourth-order valence-electron chi connectivity index (χ4n) is 4.01. The third-order valence-corrected chi connectivity index (χ3v) is 9.88. The van der Waals surface area contributed by atoms with Gasteiger partial charge in [-0.3, -0.25) is 0 Å². The van der Waals surface area contributed by atoms with Crippen molar-refractivity contribution in [3.8, 4) is 0 Å². The summed E-state index contributed by atoms with van der Waals surface area (Å²) in [6, 6.07) is 38.3. The van der Waals surface area contributed by atoms with E-state index >= 15 is 0 Å². The van der Waals surface area contributed by atoms with Crippen LogP contribution in [-0.4, -0.2) is 8.96 Å². The Bertz CT molecular complexity index is 1210. The summed E-state index contributed by atoms with van der Waals surface area (Å²) in [4.78, 5) is 0. The third-order valence-electron chi connectivity index (χ3n) is 5.80. The van der Waals surface area contributed by atoms with Crippen molar-refractivity contribution in [1.82, 2.24) is 4.72 Å². The molecule has 4 aromatic carbocycles. The summed E-state index contributed by atoms with van der Waals surface area (Å²) in [7, 11) is -2.02. The van der Waals surface area contributed by atoms with Crippen molar-refractivity contribution in [2.24, 2.45) is 0 Å². The summed E-state index contributed by atoms with van der Waals surface area (Å²) < 4.78 is 16.5. The molecular formula is C30H32NOPS. The van der Waals surface area contributed by atoms with E-state index in [4.69, 9.17) is 0 Å². The van der Waals surface area contributed by atoms with Crippen molar-refractivity contribution >= 4 is 34.8 Å². The maximum absolute atomic E-state index is 13.4. The second kappa shape index (κ2) is 10.8.